The van der Waals surface area contributed by atoms with Crippen LogP contribution in [0, 0.1) is 10.1 Å². The molecule has 1 aliphatic heterocycles. The van der Waals surface area contributed by atoms with Gasteiger partial charge in [-0.3, -0.25) is 15.1 Å². The van der Waals surface area contributed by atoms with Crippen molar-refractivity contribution in [2.24, 2.45) is 0 Å². The van der Waals surface area contributed by atoms with Gasteiger partial charge in [0.2, 0.25) is 0 Å². The summed E-state index contributed by atoms with van der Waals surface area (Å²) in [7, 11) is 0. The standard InChI is InChI=1S/C16H23N5O6/c1-16(2,3)27-15(24)19-11-6-10(18-14(22)23)8-20(9-11)12-4-5-17-7-13(12)21(25)26/h4-5,7,10-11,18H,6,8-9H2,1-3H3,(H,19,24)(H,22,23)/t10-,11+/m1/s1. The van der Waals surface area contributed by atoms with Gasteiger partial charge in [0.1, 0.15) is 17.5 Å². The highest BCUT2D eigenvalue weighted by Crippen LogP contribution is 2.29. The lowest BCUT2D eigenvalue weighted by Crippen LogP contribution is -2.57. The number of carbonyl (C=O) groups excluding carboxylic acids is 1. The Bertz CT molecular complexity index is 719. The van der Waals surface area contributed by atoms with Crippen molar-refractivity contribution in [3.63, 3.8) is 0 Å². The number of aromatic nitrogens is 1. The van der Waals surface area contributed by atoms with E-state index in [9.17, 15) is 19.7 Å². The maximum atomic E-state index is 12.1. The highest BCUT2D eigenvalue weighted by atomic mass is 16.6. The average Bonchev–Trinajstić information content (AvgIpc) is 2.52. The van der Waals surface area contributed by atoms with Gasteiger partial charge >= 0.3 is 17.9 Å². The number of ether oxygens (including phenoxy) is 1. The summed E-state index contributed by atoms with van der Waals surface area (Å²) < 4.78 is 5.24. The number of amides is 2. The molecule has 1 fully saturated rings. The number of carbonyl (C=O) groups is 2. The van der Waals surface area contributed by atoms with E-state index in [4.69, 9.17) is 9.84 Å². The van der Waals surface area contributed by atoms with E-state index in [0.29, 0.717) is 12.1 Å². The molecule has 148 valence electrons. The summed E-state index contributed by atoms with van der Waals surface area (Å²) in [4.78, 5) is 39.3. The van der Waals surface area contributed by atoms with Crippen LogP contribution in [-0.4, -0.2) is 58.0 Å². The highest BCUT2D eigenvalue weighted by molar-refractivity contribution is 5.69. The Balaban J connectivity index is 2.21. The number of nitrogens with zero attached hydrogens (tertiary/aromatic N) is 3. The molecule has 1 aromatic rings. The zero-order chi connectivity index (χ0) is 20.2. The van der Waals surface area contributed by atoms with Gasteiger partial charge in [-0.2, -0.15) is 0 Å². The first kappa shape index (κ1) is 20.2. The summed E-state index contributed by atoms with van der Waals surface area (Å²) >= 11 is 0. The fourth-order valence-corrected chi connectivity index (χ4v) is 2.94. The number of hydrogen-bond donors (Lipinski definition) is 3. The van der Waals surface area contributed by atoms with E-state index in [0.717, 1.165) is 6.20 Å². The van der Waals surface area contributed by atoms with Gasteiger partial charge in [-0.05, 0) is 33.3 Å². The molecular formula is C16H23N5O6. The SMILES string of the molecule is CC(C)(C)OC(=O)N[C@H]1C[C@@H](NC(=O)O)CN(c2ccncc2[N+](=O)[O-])C1. The fourth-order valence-electron chi connectivity index (χ4n) is 2.94. The minimum absolute atomic E-state index is 0.190. The molecule has 27 heavy (non-hydrogen) atoms. The predicted molar refractivity (Wildman–Crippen MR) is 95.8 cm³/mol. The molecule has 2 heterocycles. The van der Waals surface area contributed by atoms with E-state index < -0.39 is 34.8 Å². The van der Waals surface area contributed by atoms with E-state index in [1.54, 1.807) is 25.7 Å². The van der Waals surface area contributed by atoms with Crippen LogP contribution in [0.5, 0.6) is 0 Å². The van der Waals surface area contributed by atoms with Gasteiger partial charge in [0, 0.05) is 19.3 Å². The van der Waals surface area contributed by atoms with Crippen molar-refractivity contribution in [2.75, 3.05) is 18.0 Å². The van der Waals surface area contributed by atoms with Gasteiger partial charge in [0.25, 0.3) is 0 Å². The van der Waals surface area contributed by atoms with Crippen LogP contribution in [0.25, 0.3) is 0 Å². The Morgan fingerprint density at radius 3 is 2.52 bits per heavy atom. The van der Waals surface area contributed by atoms with Crippen molar-refractivity contribution in [1.82, 2.24) is 15.6 Å². The van der Waals surface area contributed by atoms with Crippen LogP contribution in [0.4, 0.5) is 21.0 Å². The van der Waals surface area contributed by atoms with E-state index in [1.807, 2.05) is 0 Å². The molecule has 11 heteroatoms. The lowest BCUT2D eigenvalue weighted by molar-refractivity contribution is -0.384. The largest absolute Gasteiger partial charge is 0.465 e. The number of carboxylic acid groups (broad SMARTS) is 1. The van der Waals surface area contributed by atoms with Crippen LogP contribution in [0.15, 0.2) is 18.5 Å². The molecule has 0 aromatic carbocycles. The van der Waals surface area contributed by atoms with E-state index in [2.05, 4.69) is 15.6 Å². The zero-order valence-electron chi connectivity index (χ0n) is 15.3. The maximum absolute atomic E-state index is 12.1. The maximum Gasteiger partial charge on any atom is 0.407 e. The lowest BCUT2D eigenvalue weighted by atomic mass is 10.00. The van der Waals surface area contributed by atoms with Gasteiger partial charge in [-0.15, -0.1) is 0 Å². The Morgan fingerprint density at radius 1 is 1.33 bits per heavy atom. The number of nitrogens with one attached hydrogen (secondary N) is 2. The second-order valence-electron chi connectivity index (χ2n) is 7.25. The number of piperidine rings is 1. The Kier molecular flexibility index (Phi) is 6.03. The summed E-state index contributed by atoms with van der Waals surface area (Å²) in [6, 6.07) is 0.508. The molecule has 0 unspecified atom stereocenters. The highest BCUT2D eigenvalue weighted by Gasteiger charge is 2.33. The molecular weight excluding hydrogens is 358 g/mol. The average molecular weight is 381 g/mol. The van der Waals surface area contributed by atoms with Crippen molar-refractivity contribution >= 4 is 23.6 Å². The zero-order valence-corrected chi connectivity index (χ0v) is 15.3. The molecule has 1 aromatic heterocycles. The Hall–Kier alpha value is -3.11. The van der Waals surface area contributed by atoms with Crippen LogP contribution >= 0.6 is 0 Å². The molecule has 0 saturated carbocycles. The second kappa shape index (κ2) is 8.06. The number of alkyl carbamates (subject to hydrolysis) is 1. The quantitative estimate of drug-likeness (QED) is 0.528. The second-order valence-corrected chi connectivity index (χ2v) is 7.25. The molecule has 0 spiro atoms. The first-order valence-corrected chi connectivity index (χ1v) is 8.37. The molecule has 2 atom stereocenters. The predicted octanol–water partition coefficient (Wildman–Crippen LogP) is 1.73. The van der Waals surface area contributed by atoms with Crippen molar-refractivity contribution in [3.8, 4) is 0 Å². The van der Waals surface area contributed by atoms with Crippen molar-refractivity contribution < 1.29 is 24.4 Å². The van der Waals surface area contributed by atoms with Crippen LogP contribution in [0.3, 0.4) is 0 Å². The Morgan fingerprint density at radius 2 is 1.96 bits per heavy atom. The molecule has 2 amide bonds. The minimum Gasteiger partial charge on any atom is -0.465 e. The molecule has 3 N–H and O–H groups in total. The molecule has 0 radical (unpaired) electrons. The molecule has 0 aliphatic carbocycles. The van der Waals surface area contributed by atoms with Crippen LogP contribution in [0.1, 0.15) is 27.2 Å². The molecule has 11 nitrogen and oxygen atoms in total. The summed E-state index contributed by atoms with van der Waals surface area (Å²) in [6.07, 6.45) is 1.06. The third kappa shape index (κ3) is 5.97. The number of rotatable bonds is 4. The smallest absolute Gasteiger partial charge is 0.407 e. The van der Waals surface area contributed by atoms with Crippen LogP contribution in [-0.2, 0) is 4.74 Å². The van der Waals surface area contributed by atoms with Gasteiger partial charge in [-0.1, -0.05) is 0 Å². The normalized spacial score (nSPS) is 19.9. The molecule has 0 bridgehead atoms. The number of pyridine rings is 1. The third-order valence-corrected chi connectivity index (χ3v) is 3.81. The van der Waals surface area contributed by atoms with E-state index in [1.165, 1.54) is 12.3 Å². The van der Waals surface area contributed by atoms with Crippen molar-refractivity contribution in [2.45, 2.75) is 44.9 Å². The van der Waals surface area contributed by atoms with Gasteiger partial charge in [0.15, 0.2) is 0 Å². The summed E-state index contributed by atoms with van der Waals surface area (Å²) in [6.45, 7) is 5.68. The molecule has 1 saturated heterocycles. The molecule has 1 aliphatic rings. The summed E-state index contributed by atoms with van der Waals surface area (Å²) in [5, 5.41) is 25.4. The topological polar surface area (TPSA) is 147 Å². The van der Waals surface area contributed by atoms with Crippen LogP contribution < -0.4 is 15.5 Å². The van der Waals surface area contributed by atoms with Crippen molar-refractivity contribution in [1.29, 1.82) is 0 Å². The van der Waals surface area contributed by atoms with E-state index >= 15 is 0 Å². The van der Waals surface area contributed by atoms with Gasteiger partial charge in [-0.25, -0.2) is 9.59 Å². The van der Waals surface area contributed by atoms with E-state index in [-0.39, 0.29) is 18.8 Å². The number of hydrogen-bond acceptors (Lipinski definition) is 7. The number of nitro groups is 1. The van der Waals surface area contributed by atoms with Gasteiger partial charge < -0.3 is 25.4 Å². The fraction of sp³-hybridized carbons (Fsp3) is 0.562. The summed E-state index contributed by atoms with van der Waals surface area (Å²) in [5.41, 5.74) is -0.562. The third-order valence-electron chi connectivity index (χ3n) is 3.81. The molecule has 2 rings (SSSR count). The monoisotopic (exact) mass is 381 g/mol. The minimum atomic E-state index is -1.21. The summed E-state index contributed by atoms with van der Waals surface area (Å²) in [5.74, 6) is 0. The Labute approximate surface area is 155 Å². The first-order valence-electron chi connectivity index (χ1n) is 8.37. The lowest BCUT2D eigenvalue weighted by Gasteiger charge is -2.39. The van der Waals surface area contributed by atoms with Gasteiger partial charge in [0.05, 0.1) is 17.0 Å². The number of anilines is 1. The van der Waals surface area contributed by atoms with Crippen molar-refractivity contribution in [3.05, 3.63) is 28.6 Å². The first-order chi connectivity index (χ1) is 12.5. The van der Waals surface area contributed by atoms with Crippen LogP contribution in [0.2, 0.25) is 0 Å².